The van der Waals surface area contributed by atoms with Crippen molar-refractivity contribution in [2.75, 3.05) is 11.9 Å². The third-order valence-corrected chi connectivity index (χ3v) is 5.12. The van der Waals surface area contributed by atoms with Crippen molar-refractivity contribution in [1.29, 1.82) is 0 Å². The number of carbonyl (C=O) groups is 1. The Morgan fingerprint density at radius 1 is 1.23 bits per heavy atom. The second-order valence-corrected chi connectivity index (χ2v) is 7.10. The van der Waals surface area contributed by atoms with Crippen molar-refractivity contribution < 1.29 is 14.3 Å². The van der Waals surface area contributed by atoms with E-state index in [9.17, 15) is 9.32 Å². The highest BCUT2D eigenvalue weighted by Crippen LogP contribution is 2.30. The summed E-state index contributed by atoms with van der Waals surface area (Å²) in [6.07, 6.45) is 4.76. The minimum absolute atomic E-state index is 0.0586. The fourth-order valence-corrected chi connectivity index (χ4v) is 3.65. The third kappa shape index (κ3) is 3.25. The molecule has 0 aliphatic carbocycles. The first kappa shape index (κ1) is 18.7. The Morgan fingerprint density at radius 3 is 2.87 bits per heavy atom. The van der Waals surface area contributed by atoms with Crippen LogP contribution in [0.3, 0.4) is 0 Å². The molecular formula is C22H17FN6O2. The number of nitrogens with one attached hydrogen (secondary N) is 1. The maximum Gasteiger partial charge on any atom is 0.384 e. The average molecular weight is 416 g/mol. The van der Waals surface area contributed by atoms with Gasteiger partial charge in [0.05, 0.1) is 11.9 Å². The lowest BCUT2D eigenvalue weighted by molar-refractivity contribution is -0.0786. The number of H-pyrrole nitrogens is 1. The van der Waals surface area contributed by atoms with Crippen molar-refractivity contribution >= 4 is 28.5 Å². The van der Waals surface area contributed by atoms with E-state index in [2.05, 4.69) is 25.0 Å². The number of pyridine rings is 1. The SMILES string of the molecule is CN(Cc1ccccc1)c1cc(-c2c[nH]c3ncccc23)nc2c(C(=O)OF)cnn12. The summed E-state index contributed by atoms with van der Waals surface area (Å²) >= 11 is 0. The van der Waals surface area contributed by atoms with Gasteiger partial charge in [-0.1, -0.05) is 30.3 Å². The lowest BCUT2D eigenvalue weighted by Crippen LogP contribution is -2.20. The Hall–Kier alpha value is -4.27. The van der Waals surface area contributed by atoms with E-state index in [1.54, 1.807) is 12.4 Å². The Kier molecular flexibility index (Phi) is 4.55. The topological polar surface area (TPSA) is 88.4 Å². The fourth-order valence-electron chi connectivity index (χ4n) is 3.65. The number of benzene rings is 1. The number of fused-ring (bicyclic) bond motifs is 2. The summed E-state index contributed by atoms with van der Waals surface area (Å²) < 4.78 is 14.2. The molecule has 154 valence electrons. The van der Waals surface area contributed by atoms with E-state index < -0.39 is 5.97 Å². The Bertz CT molecular complexity index is 1400. The Labute approximate surface area is 175 Å². The Morgan fingerprint density at radius 2 is 2.06 bits per heavy atom. The van der Waals surface area contributed by atoms with Crippen LogP contribution in [-0.2, 0) is 11.5 Å². The molecule has 4 heterocycles. The van der Waals surface area contributed by atoms with Gasteiger partial charge in [0.25, 0.3) is 0 Å². The molecule has 5 rings (SSSR count). The molecule has 5 aromatic rings. The van der Waals surface area contributed by atoms with Gasteiger partial charge >= 0.3 is 5.97 Å². The van der Waals surface area contributed by atoms with Gasteiger partial charge in [0.1, 0.15) is 17.0 Å². The molecule has 0 unspecified atom stereocenters. The number of rotatable bonds is 5. The quantitative estimate of drug-likeness (QED) is 0.467. The summed E-state index contributed by atoms with van der Waals surface area (Å²) in [5.74, 6) is -0.461. The largest absolute Gasteiger partial charge is 0.384 e. The number of aromatic nitrogens is 5. The zero-order valence-electron chi connectivity index (χ0n) is 16.5. The van der Waals surface area contributed by atoms with E-state index in [1.807, 2.05) is 60.5 Å². The zero-order valence-corrected chi connectivity index (χ0v) is 16.5. The van der Waals surface area contributed by atoms with Crippen molar-refractivity contribution in [3.05, 3.63) is 78.2 Å². The van der Waals surface area contributed by atoms with E-state index in [0.29, 0.717) is 18.1 Å². The van der Waals surface area contributed by atoms with Crippen molar-refractivity contribution in [3.8, 4) is 11.3 Å². The molecule has 0 aliphatic rings. The van der Waals surface area contributed by atoms with Gasteiger partial charge in [-0.15, -0.1) is 0 Å². The van der Waals surface area contributed by atoms with Crippen LogP contribution >= 0.6 is 0 Å². The molecule has 0 bridgehead atoms. The highest BCUT2D eigenvalue weighted by atomic mass is 19.3. The summed E-state index contributed by atoms with van der Waals surface area (Å²) in [5, 5.41) is 5.14. The summed E-state index contributed by atoms with van der Waals surface area (Å²) in [6.45, 7) is 0.595. The van der Waals surface area contributed by atoms with Gasteiger partial charge in [0.2, 0.25) is 0 Å². The first-order valence-electron chi connectivity index (χ1n) is 9.55. The first-order chi connectivity index (χ1) is 15.2. The van der Waals surface area contributed by atoms with Crippen LogP contribution in [0.1, 0.15) is 15.9 Å². The van der Waals surface area contributed by atoms with Gasteiger partial charge in [-0.05, 0) is 17.7 Å². The van der Waals surface area contributed by atoms with Crippen molar-refractivity contribution in [3.63, 3.8) is 0 Å². The molecule has 8 nitrogen and oxygen atoms in total. The van der Waals surface area contributed by atoms with E-state index in [4.69, 9.17) is 0 Å². The predicted octanol–water partition coefficient (Wildman–Crippen LogP) is 3.95. The number of hydrogen-bond acceptors (Lipinski definition) is 6. The molecule has 0 saturated heterocycles. The standard InChI is InChI=1S/C22H17FN6O2/c1-28(13-14-6-3-2-4-7-14)19-10-18(16-11-25-20-15(16)8-5-9-24-20)27-21-17(22(30)31-23)12-26-29(19)21/h2-12H,13H2,1H3,(H,24,25). The van der Waals surface area contributed by atoms with Crippen LogP contribution in [0.2, 0.25) is 0 Å². The summed E-state index contributed by atoms with van der Waals surface area (Å²) in [4.78, 5) is 29.4. The highest BCUT2D eigenvalue weighted by Gasteiger charge is 2.22. The first-order valence-corrected chi connectivity index (χ1v) is 9.55. The second-order valence-electron chi connectivity index (χ2n) is 7.10. The van der Waals surface area contributed by atoms with Crippen molar-refractivity contribution in [1.82, 2.24) is 24.6 Å². The van der Waals surface area contributed by atoms with E-state index in [-0.39, 0.29) is 11.2 Å². The summed E-state index contributed by atoms with van der Waals surface area (Å²) in [6, 6.07) is 15.6. The molecule has 0 aliphatic heterocycles. The monoisotopic (exact) mass is 416 g/mol. The number of anilines is 1. The molecule has 4 aromatic heterocycles. The van der Waals surface area contributed by atoms with Crippen molar-refractivity contribution in [2.45, 2.75) is 6.54 Å². The molecule has 0 spiro atoms. The maximum absolute atomic E-state index is 12.7. The molecule has 0 saturated carbocycles. The van der Waals surface area contributed by atoms with E-state index in [1.165, 1.54) is 10.7 Å². The van der Waals surface area contributed by atoms with Crippen LogP contribution in [0.25, 0.3) is 27.9 Å². The lowest BCUT2D eigenvalue weighted by atomic mass is 10.1. The highest BCUT2D eigenvalue weighted by molar-refractivity contribution is 5.97. The number of hydrogen-bond donors (Lipinski definition) is 1. The van der Waals surface area contributed by atoms with Gasteiger partial charge < -0.3 is 9.88 Å². The van der Waals surface area contributed by atoms with Gasteiger partial charge in [0, 0.05) is 47.5 Å². The van der Waals surface area contributed by atoms with E-state index >= 15 is 0 Å². The Balaban J connectivity index is 1.70. The molecule has 9 heteroatoms. The van der Waals surface area contributed by atoms with E-state index in [0.717, 1.165) is 22.2 Å². The smallest absolute Gasteiger partial charge is 0.355 e. The molecule has 0 atom stereocenters. The zero-order chi connectivity index (χ0) is 21.4. The number of halogens is 1. The van der Waals surface area contributed by atoms with Crippen LogP contribution in [0.15, 0.2) is 67.1 Å². The normalized spacial score (nSPS) is 11.2. The second kappa shape index (κ2) is 7.52. The van der Waals surface area contributed by atoms with Crippen LogP contribution in [-0.4, -0.2) is 37.6 Å². The summed E-state index contributed by atoms with van der Waals surface area (Å²) in [7, 11) is 1.91. The average Bonchev–Trinajstić information content (AvgIpc) is 3.43. The van der Waals surface area contributed by atoms with Gasteiger partial charge in [-0.3, -0.25) is 0 Å². The maximum atomic E-state index is 12.7. The molecule has 1 aromatic carbocycles. The minimum atomic E-state index is -1.14. The van der Waals surface area contributed by atoms with Crippen LogP contribution in [0.5, 0.6) is 0 Å². The summed E-state index contributed by atoms with van der Waals surface area (Å²) in [5.41, 5.74) is 3.36. The molecular weight excluding hydrogens is 399 g/mol. The number of carbonyl (C=O) groups excluding carboxylic acids is 1. The lowest BCUT2D eigenvalue weighted by Gasteiger charge is -2.21. The molecule has 0 fully saturated rings. The van der Waals surface area contributed by atoms with Gasteiger partial charge in [0.15, 0.2) is 5.65 Å². The molecule has 0 amide bonds. The molecule has 1 N–H and O–H groups in total. The predicted molar refractivity (Wildman–Crippen MR) is 113 cm³/mol. The van der Waals surface area contributed by atoms with Crippen LogP contribution in [0.4, 0.5) is 10.3 Å². The molecule has 0 radical (unpaired) electrons. The number of aromatic amines is 1. The van der Waals surface area contributed by atoms with Crippen LogP contribution in [0, 0.1) is 0 Å². The van der Waals surface area contributed by atoms with Crippen molar-refractivity contribution in [2.24, 2.45) is 0 Å². The third-order valence-electron chi connectivity index (χ3n) is 5.12. The minimum Gasteiger partial charge on any atom is -0.355 e. The van der Waals surface area contributed by atoms with Crippen LogP contribution < -0.4 is 4.90 Å². The van der Waals surface area contributed by atoms with Gasteiger partial charge in [-0.2, -0.15) is 9.61 Å². The van der Waals surface area contributed by atoms with Gasteiger partial charge in [-0.25, -0.2) is 19.7 Å². The fraction of sp³-hybridized carbons (Fsp3) is 0.0909. The molecule has 31 heavy (non-hydrogen) atoms. The number of nitrogens with zero attached hydrogens (tertiary/aromatic N) is 5.